The van der Waals surface area contributed by atoms with Crippen LogP contribution in [-0.2, 0) is 32.3 Å². The summed E-state index contributed by atoms with van der Waals surface area (Å²) in [6.45, 7) is -1.05. The fourth-order valence-electron chi connectivity index (χ4n) is 3.02. The van der Waals surface area contributed by atoms with Crippen molar-refractivity contribution in [1.82, 2.24) is 10.2 Å². The Balaban J connectivity index is 2.11. The van der Waals surface area contributed by atoms with E-state index in [0.29, 0.717) is 10.5 Å². The van der Waals surface area contributed by atoms with Crippen LogP contribution in [0.15, 0.2) is 65.7 Å². The molecule has 0 heterocycles. The molecule has 6 N–H and O–H groups in total. The second-order valence-corrected chi connectivity index (χ2v) is 7.57. The quantitative estimate of drug-likeness (QED) is 0.191. The zero-order valence-electron chi connectivity index (χ0n) is 19.5. The van der Waals surface area contributed by atoms with Crippen molar-refractivity contribution in [2.24, 2.45) is 16.5 Å². The number of carbonyl (C=O) groups excluding carboxylic acids is 3. The monoisotopic (exact) mass is 499 g/mol. The zero-order valence-corrected chi connectivity index (χ0v) is 19.5. The fourth-order valence-corrected chi connectivity index (χ4v) is 3.02. The Morgan fingerprint density at radius 3 is 2.00 bits per heavy atom. The highest BCUT2D eigenvalue weighted by Crippen LogP contribution is 2.09. The van der Waals surface area contributed by atoms with E-state index in [-0.39, 0.29) is 38.6 Å². The van der Waals surface area contributed by atoms with Gasteiger partial charge in [0.05, 0.1) is 0 Å². The second kappa shape index (κ2) is 14.6. The van der Waals surface area contributed by atoms with Crippen LogP contribution in [0.4, 0.5) is 9.59 Å². The van der Waals surface area contributed by atoms with E-state index >= 15 is 0 Å². The van der Waals surface area contributed by atoms with E-state index in [0.717, 1.165) is 5.56 Å². The first-order chi connectivity index (χ1) is 17.3. The maximum Gasteiger partial charge on any atom is 0.417 e. The lowest BCUT2D eigenvalue weighted by Gasteiger charge is -2.24. The van der Waals surface area contributed by atoms with Gasteiger partial charge in [-0.1, -0.05) is 60.7 Å². The molecule has 3 amide bonds. The summed E-state index contributed by atoms with van der Waals surface area (Å²) in [5.41, 5.74) is 12.0. The number of nitrogens with two attached hydrogens (primary N) is 2. The maximum absolute atomic E-state index is 13.2. The number of benzene rings is 2. The number of amides is 3. The summed E-state index contributed by atoms with van der Waals surface area (Å²) in [6, 6.07) is 16.2. The van der Waals surface area contributed by atoms with E-state index in [4.69, 9.17) is 20.9 Å². The summed E-state index contributed by atoms with van der Waals surface area (Å²) >= 11 is 0. The van der Waals surface area contributed by atoms with E-state index in [1.807, 2.05) is 6.07 Å². The Morgan fingerprint density at radius 1 is 0.917 bits per heavy atom. The van der Waals surface area contributed by atoms with Crippen molar-refractivity contribution >= 4 is 30.0 Å². The predicted octanol–water partition coefficient (Wildman–Crippen LogP) is 1.59. The lowest BCUT2D eigenvalue weighted by atomic mass is 10.1. The number of aliphatic carboxylic acids is 1. The SMILES string of the molecule is NC(N)=NCCC[C@H](NC(=O)OCc1ccccc1)C(=O)N(CC(=O)O)C(=O)OCc1ccccc1. The minimum atomic E-state index is -1.44. The standard InChI is InChI=1S/C24H29N5O7/c25-22(26)27-13-7-12-19(28-23(33)35-15-17-8-3-1-4-9-17)21(32)29(14-20(30)31)24(34)36-16-18-10-5-2-6-11-18/h1-6,8-11,19H,7,12-16H2,(H,28,33)(H,30,31)(H4,25,26,27)/t19-/m0/s1. The molecule has 0 saturated carbocycles. The number of carboxylic acids is 1. The second-order valence-electron chi connectivity index (χ2n) is 7.57. The minimum Gasteiger partial charge on any atom is -0.480 e. The number of aliphatic imine (C=N–C) groups is 1. The van der Waals surface area contributed by atoms with E-state index in [1.54, 1.807) is 54.6 Å². The van der Waals surface area contributed by atoms with Gasteiger partial charge >= 0.3 is 18.2 Å². The molecule has 2 aromatic carbocycles. The molecule has 2 rings (SSSR count). The minimum absolute atomic E-state index is 0.00185. The molecule has 0 bridgehead atoms. The van der Waals surface area contributed by atoms with Crippen LogP contribution in [-0.4, -0.2) is 59.2 Å². The first-order valence-electron chi connectivity index (χ1n) is 11.0. The van der Waals surface area contributed by atoms with E-state index in [9.17, 15) is 24.3 Å². The van der Waals surface area contributed by atoms with Crippen molar-refractivity contribution in [3.8, 4) is 0 Å². The topological polar surface area (TPSA) is 187 Å². The molecule has 36 heavy (non-hydrogen) atoms. The lowest BCUT2D eigenvalue weighted by molar-refractivity contribution is -0.144. The molecule has 0 saturated heterocycles. The third-order valence-corrected chi connectivity index (χ3v) is 4.73. The number of carboxylic acid groups (broad SMARTS) is 1. The molecule has 12 heteroatoms. The highest BCUT2D eigenvalue weighted by Gasteiger charge is 2.33. The number of hydrogen-bond acceptors (Lipinski definition) is 7. The van der Waals surface area contributed by atoms with Gasteiger partial charge in [0.25, 0.3) is 5.91 Å². The van der Waals surface area contributed by atoms with Gasteiger partial charge in [0.1, 0.15) is 25.8 Å². The Kier molecular flexibility index (Phi) is 11.2. The summed E-state index contributed by atoms with van der Waals surface area (Å²) in [5.74, 6) is -2.56. The van der Waals surface area contributed by atoms with Gasteiger partial charge in [0, 0.05) is 6.54 Å². The summed E-state index contributed by atoms with van der Waals surface area (Å²) in [5, 5.41) is 11.7. The fraction of sp³-hybridized carbons (Fsp3) is 0.292. The maximum atomic E-state index is 13.2. The van der Waals surface area contributed by atoms with Crippen molar-refractivity contribution in [3.63, 3.8) is 0 Å². The molecule has 192 valence electrons. The lowest BCUT2D eigenvalue weighted by Crippen LogP contribution is -2.52. The average molecular weight is 500 g/mol. The number of carbonyl (C=O) groups is 4. The number of ether oxygens (including phenoxy) is 2. The third kappa shape index (κ3) is 10.1. The molecular weight excluding hydrogens is 470 g/mol. The molecule has 1 atom stereocenters. The van der Waals surface area contributed by atoms with Gasteiger partial charge < -0.3 is 31.4 Å². The van der Waals surface area contributed by atoms with Crippen LogP contribution in [0.5, 0.6) is 0 Å². The van der Waals surface area contributed by atoms with Crippen LogP contribution in [0.1, 0.15) is 24.0 Å². The summed E-state index contributed by atoms with van der Waals surface area (Å²) in [7, 11) is 0. The first kappa shape index (κ1) is 27.6. The molecule has 0 aliphatic heterocycles. The van der Waals surface area contributed by atoms with Crippen molar-refractivity contribution in [3.05, 3.63) is 71.8 Å². The smallest absolute Gasteiger partial charge is 0.417 e. The number of alkyl carbamates (subject to hydrolysis) is 1. The van der Waals surface area contributed by atoms with Gasteiger partial charge in [-0.25, -0.2) is 14.5 Å². The Bertz CT molecular complexity index is 1040. The molecule has 0 fully saturated rings. The van der Waals surface area contributed by atoms with Crippen molar-refractivity contribution in [2.75, 3.05) is 13.1 Å². The van der Waals surface area contributed by atoms with Crippen LogP contribution in [0.2, 0.25) is 0 Å². The zero-order chi connectivity index (χ0) is 26.3. The molecule has 2 aromatic rings. The molecule has 0 aliphatic carbocycles. The van der Waals surface area contributed by atoms with Crippen LogP contribution in [0.25, 0.3) is 0 Å². The summed E-state index contributed by atoms with van der Waals surface area (Å²) in [6.07, 6.45) is -1.85. The van der Waals surface area contributed by atoms with Crippen molar-refractivity contribution in [2.45, 2.75) is 32.1 Å². The van der Waals surface area contributed by atoms with Crippen molar-refractivity contribution < 1.29 is 33.8 Å². The van der Waals surface area contributed by atoms with Gasteiger partial charge in [-0.3, -0.25) is 14.6 Å². The molecule has 0 spiro atoms. The molecule has 0 aromatic heterocycles. The molecule has 0 radical (unpaired) electrons. The van der Waals surface area contributed by atoms with Gasteiger partial charge in [0.2, 0.25) is 0 Å². The number of nitrogens with zero attached hydrogens (tertiary/aromatic N) is 2. The van der Waals surface area contributed by atoms with Crippen LogP contribution < -0.4 is 16.8 Å². The molecule has 12 nitrogen and oxygen atoms in total. The Morgan fingerprint density at radius 2 is 1.47 bits per heavy atom. The molecule has 0 unspecified atom stereocenters. The van der Waals surface area contributed by atoms with Crippen LogP contribution in [0.3, 0.4) is 0 Å². The predicted molar refractivity (Wildman–Crippen MR) is 129 cm³/mol. The number of imide groups is 1. The van der Waals surface area contributed by atoms with Crippen LogP contribution >= 0.6 is 0 Å². The Hall–Kier alpha value is -4.61. The summed E-state index contributed by atoms with van der Waals surface area (Å²) < 4.78 is 10.3. The third-order valence-electron chi connectivity index (χ3n) is 4.73. The Labute approximate surface area is 207 Å². The number of guanidine groups is 1. The number of hydrogen-bond donors (Lipinski definition) is 4. The molecule has 0 aliphatic rings. The first-order valence-corrected chi connectivity index (χ1v) is 11.0. The van der Waals surface area contributed by atoms with Gasteiger partial charge in [0.15, 0.2) is 5.96 Å². The van der Waals surface area contributed by atoms with E-state index in [2.05, 4.69) is 10.3 Å². The van der Waals surface area contributed by atoms with E-state index < -0.39 is 36.6 Å². The highest BCUT2D eigenvalue weighted by molar-refractivity contribution is 5.98. The highest BCUT2D eigenvalue weighted by atomic mass is 16.6. The van der Waals surface area contributed by atoms with Crippen molar-refractivity contribution in [1.29, 1.82) is 0 Å². The average Bonchev–Trinajstić information content (AvgIpc) is 2.87. The van der Waals surface area contributed by atoms with Crippen LogP contribution in [0, 0.1) is 0 Å². The van der Waals surface area contributed by atoms with Gasteiger partial charge in [-0.05, 0) is 24.0 Å². The summed E-state index contributed by atoms with van der Waals surface area (Å²) in [4.78, 5) is 53.8. The number of nitrogens with one attached hydrogen (secondary N) is 1. The molecular formula is C24H29N5O7. The largest absolute Gasteiger partial charge is 0.480 e. The number of rotatable bonds is 12. The van der Waals surface area contributed by atoms with Gasteiger partial charge in [-0.15, -0.1) is 0 Å². The van der Waals surface area contributed by atoms with E-state index in [1.165, 1.54) is 0 Å². The normalized spacial score (nSPS) is 11.0. The van der Waals surface area contributed by atoms with Gasteiger partial charge in [-0.2, -0.15) is 0 Å².